The Morgan fingerprint density at radius 3 is 2.52 bits per heavy atom. The van der Waals surface area contributed by atoms with E-state index in [1.54, 1.807) is 55.5 Å². The van der Waals surface area contributed by atoms with Crippen LogP contribution in [0.25, 0.3) is 0 Å². The average Bonchev–Trinajstić information content (AvgIpc) is 2.59. The number of aliphatic hydroxyl groups is 1. The Kier molecular flexibility index (Phi) is 5.77. The van der Waals surface area contributed by atoms with Gasteiger partial charge < -0.3 is 25.2 Å². The van der Waals surface area contributed by atoms with E-state index in [1.807, 2.05) is 0 Å². The van der Waals surface area contributed by atoms with Gasteiger partial charge in [0.1, 0.15) is 17.6 Å². The lowest BCUT2D eigenvalue weighted by Gasteiger charge is -2.34. The van der Waals surface area contributed by atoms with Gasteiger partial charge in [0.2, 0.25) is 0 Å². The molecule has 2 aromatic rings. The molecular weight excluding hydrogens is 344 g/mol. The molecule has 0 aliphatic carbocycles. The second-order valence-electron chi connectivity index (χ2n) is 5.69. The van der Waals surface area contributed by atoms with Crippen LogP contribution in [0.5, 0.6) is 11.5 Å². The third-order valence-corrected chi connectivity index (χ3v) is 4.21. The number of hydrogen-bond donors (Lipinski definition) is 2. The van der Waals surface area contributed by atoms with Crippen molar-refractivity contribution in [2.24, 2.45) is 0 Å². The van der Waals surface area contributed by atoms with E-state index in [-0.39, 0.29) is 24.9 Å². The van der Waals surface area contributed by atoms with Crippen LogP contribution in [0, 0.1) is 0 Å². The van der Waals surface area contributed by atoms with E-state index >= 15 is 0 Å². The van der Waals surface area contributed by atoms with Crippen LogP contribution in [-0.2, 0) is 6.54 Å². The van der Waals surface area contributed by atoms with Crippen LogP contribution >= 0.6 is 12.4 Å². The Morgan fingerprint density at radius 1 is 1.20 bits per heavy atom. The molecule has 1 aliphatic rings. The number of ether oxygens (including phenoxy) is 2. The number of hydrogen-bond acceptors (Lipinski definition) is 5. The molecule has 7 heteroatoms. The standard InChI is InChI=1S/C18H20N2O4.ClH/c1-23-15-6-7-16(24-2)17-13(15)9-20(10-14(17)21)18(22)11-4-3-5-12(19)8-11;/h3-8,14,21H,9-10,19H2,1-2H3;1H. The zero-order valence-electron chi connectivity index (χ0n) is 14.1. The topological polar surface area (TPSA) is 85.0 Å². The lowest BCUT2D eigenvalue weighted by atomic mass is 9.94. The number of methoxy groups -OCH3 is 2. The average molecular weight is 365 g/mol. The van der Waals surface area contributed by atoms with Crippen molar-refractivity contribution in [1.29, 1.82) is 0 Å². The summed E-state index contributed by atoms with van der Waals surface area (Å²) in [4.78, 5) is 14.3. The first-order valence-electron chi connectivity index (χ1n) is 7.61. The van der Waals surface area contributed by atoms with Crippen molar-refractivity contribution in [2.45, 2.75) is 12.6 Å². The molecule has 0 fully saturated rings. The minimum absolute atomic E-state index is 0. The molecule has 1 atom stereocenters. The summed E-state index contributed by atoms with van der Waals surface area (Å²) in [6, 6.07) is 10.3. The van der Waals surface area contributed by atoms with Crippen LogP contribution in [0.1, 0.15) is 27.6 Å². The van der Waals surface area contributed by atoms with Gasteiger partial charge in [0.15, 0.2) is 0 Å². The summed E-state index contributed by atoms with van der Waals surface area (Å²) in [5, 5.41) is 10.6. The van der Waals surface area contributed by atoms with Crippen LogP contribution < -0.4 is 15.2 Å². The number of carbonyl (C=O) groups excluding carboxylic acids is 1. The molecule has 6 nitrogen and oxygen atoms in total. The van der Waals surface area contributed by atoms with Crippen LogP contribution in [0.3, 0.4) is 0 Å². The van der Waals surface area contributed by atoms with Crippen molar-refractivity contribution in [3.63, 3.8) is 0 Å². The fourth-order valence-electron chi connectivity index (χ4n) is 3.09. The van der Waals surface area contributed by atoms with Crippen molar-refractivity contribution in [3.05, 3.63) is 53.1 Å². The van der Waals surface area contributed by atoms with Gasteiger partial charge in [0.25, 0.3) is 5.91 Å². The van der Waals surface area contributed by atoms with Gasteiger partial charge in [-0.05, 0) is 30.3 Å². The van der Waals surface area contributed by atoms with E-state index in [0.717, 1.165) is 5.56 Å². The van der Waals surface area contributed by atoms with E-state index in [9.17, 15) is 9.90 Å². The summed E-state index contributed by atoms with van der Waals surface area (Å²) in [5.41, 5.74) is 8.21. The van der Waals surface area contributed by atoms with E-state index in [1.165, 1.54) is 0 Å². The highest BCUT2D eigenvalue weighted by atomic mass is 35.5. The Labute approximate surface area is 152 Å². The number of β-amino-alcohol motifs (C(OH)–C–C–N with tert-alkyl or cyclic N) is 1. The van der Waals surface area contributed by atoms with E-state index in [4.69, 9.17) is 15.2 Å². The largest absolute Gasteiger partial charge is 0.496 e. The predicted octanol–water partition coefficient (Wildman–Crippen LogP) is 2.40. The van der Waals surface area contributed by atoms with Crippen LogP contribution in [0.4, 0.5) is 5.69 Å². The third-order valence-electron chi connectivity index (χ3n) is 4.21. The number of carbonyl (C=O) groups is 1. The maximum absolute atomic E-state index is 12.7. The van der Waals surface area contributed by atoms with Gasteiger partial charge in [-0.15, -0.1) is 12.4 Å². The smallest absolute Gasteiger partial charge is 0.254 e. The maximum atomic E-state index is 12.7. The number of benzene rings is 2. The highest BCUT2D eigenvalue weighted by Gasteiger charge is 2.32. The van der Waals surface area contributed by atoms with Crippen molar-refractivity contribution in [2.75, 3.05) is 26.5 Å². The molecule has 1 heterocycles. The van der Waals surface area contributed by atoms with Gasteiger partial charge in [-0.3, -0.25) is 4.79 Å². The number of aliphatic hydroxyl groups excluding tert-OH is 1. The van der Waals surface area contributed by atoms with Gasteiger partial charge in [0.05, 0.1) is 27.3 Å². The summed E-state index contributed by atoms with van der Waals surface area (Å²) >= 11 is 0. The summed E-state index contributed by atoms with van der Waals surface area (Å²) in [6.45, 7) is 0.518. The molecule has 0 spiro atoms. The lowest BCUT2D eigenvalue weighted by molar-refractivity contribution is 0.0538. The molecule has 134 valence electrons. The zero-order valence-corrected chi connectivity index (χ0v) is 14.9. The number of anilines is 1. The molecule has 0 aromatic heterocycles. The zero-order chi connectivity index (χ0) is 17.3. The van der Waals surface area contributed by atoms with Crippen LogP contribution in [0.2, 0.25) is 0 Å². The fraction of sp³-hybridized carbons (Fsp3) is 0.278. The second-order valence-corrected chi connectivity index (χ2v) is 5.69. The molecule has 0 saturated heterocycles. The maximum Gasteiger partial charge on any atom is 0.254 e. The lowest BCUT2D eigenvalue weighted by Crippen LogP contribution is -2.38. The van der Waals surface area contributed by atoms with Crippen molar-refractivity contribution >= 4 is 24.0 Å². The number of fused-ring (bicyclic) bond motifs is 1. The van der Waals surface area contributed by atoms with E-state index < -0.39 is 6.10 Å². The minimum Gasteiger partial charge on any atom is -0.496 e. The molecule has 25 heavy (non-hydrogen) atoms. The first-order chi connectivity index (χ1) is 11.5. The molecule has 3 N–H and O–H groups in total. The summed E-state index contributed by atoms with van der Waals surface area (Å²) in [6.07, 6.45) is -0.844. The van der Waals surface area contributed by atoms with E-state index in [2.05, 4.69) is 0 Å². The quantitative estimate of drug-likeness (QED) is 0.817. The molecule has 1 unspecified atom stereocenters. The molecule has 1 aliphatic heterocycles. The van der Waals surface area contributed by atoms with Crippen molar-refractivity contribution in [1.82, 2.24) is 4.90 Å². The van der Waals surface area contributed by atoms with Crippen LogP contribution in [0.15, 0.2) is 36.4 Å². The highest BCUT2D eigenvalue weighted by molar-refractivity contribution is 5.95. The Hall–Kier alpha value is -2.44. The van der Waals surface area contributed by atoms with Gasteiger partial charge in [-0.25, -0.2) is 0 Å². The van der Waals surface area contributed by atoms with Gasteiger partial charge in [-0.1, -0.05) is 6.07 Å². The predicted molar refractivity (Wildman–Crippen MR) is 97.3 cm³/mol. The Bertz CT molecular complexity index is 782. The monoisotopic (exact) mass is 364 g/mol. The van der Waals surface area contributed by atoms with Crippen molar-refractivity contribution < 1.29 is 19.4 Å². The molecule has 0 saturated carbocycles. The summed E-state index contributed by atoms with van der Waals surface area (Å²) in [5.74, 6) is 1.03. The number of rotatable bonds is 3. The minimum atomic E-state index is -0.844. The number of halogens is 1. The third kappa shape index (κ3) is 3.50. The van der Waals surface area contributed by atoms with Crippen LogP contribution in [-0.4, -0.2) is 36.7 Å². The molecule has 3 rings (SSSR count). The molecule has 0 radical (unpaired) electrons. The number of nitrogens with two attached hydrogens (primary N) is 1. The highest BCUT2D eigenvalue weighted by Crippen LogP contribution is 2.39. The first kappa shape index (κ1) is 18.9. The van der Waals surface area contributed by atoms with E-state index in [0.29, 0.717) is 34.9 Å². The van der Waals surface area contributed by atoms with Gasteiger partial charge in [-0.2, -0.15) is 0 Å². The normalized spacial score (nSPS) is 15.8. The van der Waals surface area contributed by atoms with Gasteiger partial charge in [0, 0.05) is 22.4 Å². The SMILES string of the molecule is COc1ccc(OC)c2c1CN(C(=O)c1cccc(N)c1)CC2O.Cl. The molecule has 2 aromatic carbocycles. The summed E-state index contributed by atoms with van der Waals surface area (Å²) < 4.78 is 10.7. The Balaban J connectivity index is 0.00000225. The van der Waals surface area contributed by atoms with Crippen molar-refractivity contribution in [3.8, 4) is 11.5 Å². The number of nitrogen functional groups attached to an aromatic ring is 1. The first-order valence-corrected chi connectivity index (χ1v) is 7.61. The number of nitrogens with zero attached hydrogens (tertiary/aromatic N) is 1. The fourth-order valence-corrected chi connectivity index (χ4v) is 3.09. The summed E-state index contributed by atoms with van der Waals surface area (Å²) in [7, 11) is 3.12. The second kappa shape index (κ2) is 7.63. The molecule has 1 amide bonds. The molecular formula is C18H21ClN2O4. The Morgan fingerprint density at radius 2 is 1.88 bits per heavy atom. The number of amides is 1. The van der Waals surface area contributed by atoms with Gasteiger partial charge >= 0.3 is 0 Å². The molecule has 0 bridgehead atoms.